The van der Waals surface area contributed by atoms with Crippen LogP contribution in [0, 0.1) is 17.4 Å². The van der Waals surface area contributed by atoms with E-state index in [2.05, 4.69) is 34.1 Å². The van der Waals surface area contributed by atoms with Gasteiger partial charge in [0.1, 0.15) is 18.0 Å². The Morgan fingerprint density at radius 3 is 2.48 bits per heavy atom. The van der Waals surface area contributed by atoms with Crippen molar-refractivity contribution in [1.82, 2.24) is 14.8 Å². The van der Waals surface area contributed by atoms with E-state index in [1.54, 1.807) is 53.5 Å². The summed E-state index contributed by atoms with van der Waals surface area (Å²) in [6.07, 6.45) is 1.62. The molecule has 0 aliphatic carbocycles. The number of rotatable bonds is 4. The van der Waals surface area contributed by atoms with Crippen LogP contribution in [0.1, 0.15) is 0 Å². The van der Waals surface area contributed by atoms with Gasteiger partial charge in [0, 0.05) is 28.0 Å². The molecule has 27 heavy (non-hydrogen) atoms. The Labute approximate surface area is 171 Å². The van der Waals surface area contributed by atoms with Gasteiger partial charge in [0.25, 0.3) is 5.91 Å². The van der Waals surface area contributed by atoms with Crippen molar-refractivity contribution < 1.29 is 21.6 Å². The van der Waals surface area contributed by atoms with Crippen LogP contribution in [-0.2, 0) is 21.6 Å². The van der Waals surface area contributed by atoms with E-state index in [0.29, 0.717) is 11.5 Å². The number of nitrogens with one attached hydrogen (secondary N) is 1. The summed E-state index contributed by atoms with van der Waals surface area (Å²) in [7, 11) is 0. The number of thiol groups is 1. The molecule has 0 saturated heterocycles. The molecule has 0 bridgehead atoms. The second-order valence-corrected chi connectivity index (χ2v) is 5.66. The van der Waals surface area contributed by atoms with Crippen molar-refractivity contribution in [3.8, 4) is 23.1 Å². The molecule has 0 fully saturated rings. The molecule has 2 aromatic carbocycles. The van der Waals surface area contributed by atoms with Crippen LogP contribution in [0.2, 0.25) is 0 Å². The Morgan fingerprint density at radius 1 is 1.22 bits per heavy atom. The molecule has 9 heteroatoms. The largest absolute Gasteiger partial charge is 0.392 e. The van der Waals surface area contributed by atoms with Crippen molar-refractivity contribution in [2.45, 2.75) is 0 Å². The van der Waals surface area contributed by atoms with Gasteiger partial charge in [0.15, 0.2) is 5.82 Å². The van der Waals surface area contributed by atoms with E-state index in [-0.39, 0.29) is 27.4 Å². The topological polar surface area (TPSA) is 110 Å². The van der Waals surface area contributed by atoms with Gasteiger partial charge >= 0.3 is 0 Å². The molecule has 1 radical (unpaired) electrons. The number of aromatic nitrogens is 3. The predicted octanol–water partition coefficient (Wildman–Crippen LogP) is 2.29. The number of hydrogen-bond acceptors (Lipinski definition) is 6. The molecule has 3 rings (SSSR count). The normalized spacial score (nSPS) is 11.0. The summed E-state index contributed by atoms with van der Waals surface area (Å²) in [5, 5.41) is 15.8. The zero-order chi connectivity index (χ0) is 18.5. The number of hydrogen-bond donors (Lipinski definition) is 3. The van der Waals surface area contributed by atoms with Gasteiger partial charge in [0.05, 0.1) is 5.03 Å². The van der Waals surface area contributed by atoms with E-state index in [1.165, 1.54) is 0 Å². The molecule has 1 heterocycles. The second kappa shape index (κ2) is 9.04. The van der Waals surface area contributed by atoms with E-state index in [0.717, 1.165) is 11.3 Å². The van der Waals surface area contributed by atoms with Gasteiger partial charge in [-0.2, -0.15) is 23.5 Å². The van der Waals surface area contributed by atoms with Crippen LogP contribution >= 0.6 is 12.6 Å². The number of nitrogens with two attached hydrogens (primary N) is 1. The molecule has 7 nitrogen and oxygen atoms in total. The molecule has 0 atom stereocenters. The van der Waals surface area contributed by atoms with Crippen LogP contribution in [0.25, 0.3) is 17.1 Å². The van der Waals surface area contributed by atoms with Crippen LogP contribution < -0.4 is 11.1 Å². The van der Waals surface area contributed by atoms with Crippen LogP contribution in [-0.4, -0.2) is 20.7 Å². The van der Waals surface area contributed by atoms with E-state index in [4.69, 9.17) is 11.0 Å². The van der Waals surface area contributed by atoms with Gasteiger partial charge in [-0.1, -0.05) is 0 Å². The molecule has 0 unspecified atom stereocenters. The first-order valence-electron chi connectivity index (χ1n) is 7.47. The van der Waals surface area contributed by atoms with Crippen LogP contribution in [0.15, 0.2) is 65.5 Å². The third-order valence-electron chi connectivity index (χ3n) is 3.45. The molecular weight excluding hydrogens is 407 g/mol. The van der Waals surface area contributed by atoms with Gasteiger partial charge < -0.3 is 11.1 Å². The first-order valence-corrected chi connectivity index (χ1v) is 7.92. The van der Waals surface area contributed by atoms with E-state index in [1.807, 2.05) is 12.1 Å². The molecule has 0 spiro atoms. The third kappa shape index (κ3) is 4.76. The SMILES string of the molecule is N#C/C(C(=O)Nc1ccc(-c2ncn(-c3cc[c-]cc3)n2)cc1)=C(\N)S.[Co]. The number of anilines is 1. The summed E-state index contributed by atoms with van der Waals surface area (Å²) in [5.41, 5.74) is 7.33. The monoisotopic (exact) mass is 420 g/mol. The molecule has 0 aliphatic rings. The van der Waals surface area contributed by atoms with Crippen molar-refractivity contribution in [2.75, 3.05) is 5.32 Å². The fraction of sp³-hybridized carbons (Fsp3) is 0. The predicted molar refractivity (Wildman–Crippen MR) is 100 cm³/mol. The van der Waals surface area contributed by atoms with Gasteiger partial charge in [0.2, 0.25) is 0 Å². The number of benzene rings is 2. The number of nitrogens with zero attached hydrogens (tertiary/aromatic N) is 4. The Bertz CT molecular complexity index is 1000. The average Bonchev–Trinajstić information content (AvgIpc) is 3.13. The standard InChI is InChI=1S/C18H13N6OS.Co/c19-10-15(16(20)26)18(25)22-13-8-6-12(7-9-13)17-21-11-24(23-17)14-4-2-1-3-5-14;/h2-9,11,26H,20H2,(H,22,25);/q-1;/b16-15-;. The minimum Gasteiger partial charge on any atom is -0.392 e. The van der Waals surface area contributed by atoms with E-state index >= 15 is 0 Å². The maximum Gasteiger partial charge on any atom is 0.268 e. The minimum atomic E-state index is -0.615. The Morgan fingerprint density at radius 2 is 1.89 bits per heavy atom. The molecule has 0 saturated carbocycles. The molecule has 1 aromatic heterocycles. The maximum absolute atomic E-state index is 11.9. The summed E-state index contributed by atoms with van der Waals surface area (Å²) in [5.74, 6) is -0.0658. The fourth-order valence-electron chi connectivity index (χ4n) is 2.17. The van der Waals surface area contributed by atoms with Gasteiger partial charge in [-0.3, -0.25) is 4.79 Å². The molecule has 3 aromatic rings. The minimum absolute atomic E-state index is 0. The van der Waals surface area contributed by atoms with Crippen LogP contribution in [0.4, 0.5) is 5.69 Å². The van der Waals surface area contributed by atoms with Crippen molar-refractivity contribution >= 4 is 24.2 Å². The second-order valence-electron chi connectivity index (χ2n) is 5.17. The maximum atomic E-state index is 11.9. The van der Waals surface area contributed by atoms with E-state index in [9.17, 15) is 4.79 Å². The Hall–Kier alpha value is -3.06. The van der Waals surface area contributed by atoms with Gasteiger partial charge in [-0.15, -0.1) is 29.9 Å². The number of amides is 1. The van der Waals surface area contributed by atoms with Crippen LogP contribution in [0.3, 0.4) is 0 Å². The Balaban J connectivity index is 0.00000261. The quantitative estimate of drug-likeness (QED) is 0.260. The van der Waals surface area contributed by atoms with Gasteiger partial charge in [-0.25, -0.2) is 9.67 Å². The van der Waals surface area contributed by atoms with Crippen LogP contribution in [0.5, 0.6) is 0 Å². The fourth-order valence-corrected chi connectivity index (χ4v) is 2.32. The number of nitriles is 1. The zero-order valence-electron chi connectivity index (χ0n) is 13.8. The molecular formula is C18H13CoN6OS-. The molecule has 0 aliphatic heterocycles. The Kier molecular flexibility index (Phi) is 6.78. The van der Waals surface area contributed by atoms with Crippen molar-refractivity contribution in [1.29, 1.82) is 5.26 Å². The summed E-state index contributed by atoms with van der Waals surface area (Å²) in [6.45, 7) is 0. The molecule has 137 valence electrons. The zero-order valence-corrected chi connectivity index (χ0v) is 15.7. The summed E-state index contributed by atoms with van der Waals surface area (Å²) >= 11 is 3.83. The third-order valence-corrected chi connectivity index (χ3v) is 3.68. The smallest absolute Gasteiger partial charge is 0.268 e. The molecule has 1 amide bonds. The summed E-state index contributed by atoms with van der Waals surface area (Å²) < 4.78 is 1.66. The van der Waals surface area contributed by atoms with E-state index < -0.39 is 5.91 Å². The first-order chi connectivity index (χ1) is 12.6. The number of carbonyl (C=O) groups excluding carboxylic acids is 1. The molecule has 3 N–H and O–H groups in total. The summed E-state index contributed by atoms with van der Waals surface area (Å²) in [6, 6.07) is 19.0. The number of carbonyl (C=O) groups is 1. The summed E-state index contributed by atoms with van der Waals surface area (Å²) in [4.78, 5) is 16.2. The van der Waals surface area contributed by atoms with Gasteiger partial charge in [-0.05, 0) is 30.0 Å². The van der Waals surface area contributed by atoms with Crippen molar-refractivity contribution in [3.63, 3.8) is 0 Å². The first kappa shape index (κ1) is 20.3. The average molecular weight is 420 g/mol. The van der Waals surface area contributed by atoms with Crippen molar-refractivity contribution in [2.24, 2.45) is 5.73 Å². The van der Waals surface area contributed by atoms with Crippen molar-refractivity contribution in [3.05, 3.63) is 71.5 Å².